The van der Waals surface area contributed by atoms with Crippen LogP contribution in [0, 0.1) is 0 Å². The monoisotopic (exact) mass is 416 g/mol. The molecule has 0 bridgehead atoms. The van der Waals surface area contributed by atoms with Crippen LogP contribution in [0.2, 0.25) is 19.6 Å². The molecule has 3 heteroatoms. The van der Waals surface area contributed by atoms with E-state index in [1.165, 1.54) is 27.7 Å². The molecule has 1 N–H and O–H groups in total. The summed E-state index contributed by atoms with van der Waals surface area (Å²) >= 11 is 0. The maximum absolute atomic E-state index is 5.17. The Morgan fingerprint density at radius 3 is 1.80 bits per heavy atom. The summed E-state index contributed by atoms with van der Waals surface area (Å²) in [6.45, 7) is 16.1. The zero-order valence-corrected chi connectivity index (χ0v) is 20.5. The van der Waals surface area contributed by atoms with Gasteiger partial charge in [0.15, 0.2) is 0 Å². The molecular weight excluding hydrogens is 380 g/mol. The molecule has 2 nitrogen and oxygen atoms in total. The smallest absolute Gasteiger partial charge is 0.101 e. The van der Waals surface area contributed by atoms with E-state index in [1.807, 2.05) is 0 Å². The van der Waals surface area contributed by atoms with Crippen molar-refractivity contribution in [3.8, 4) is 0 Å². The van der Waals surface area contributed by atoms with Gasteiger partial charge in [0.1, 0.15) is 8.07 Å². The second kappa shape index (κ2) is 9.17. The molecule has 0 radical (unpaired) electrons. The van der Waals surface area contributed by atoms with E-state index >= 15 is 0 Å². The van der Waals surface area contributed by atoms with Crippen molar-refractivity contribution in [3.63, 3.8) is 0 Å². The molecule has 1 unspecified atom stereocenters. The van der Waals surface area contributed by atoms with Crippen molar-refractivity contribution in [1.82, 2.24) is 4.98 Å². The highest BCUT2D eigenvalue weighted by atomic mass is 28.3. The number of nitrogens with zero attached hydrogens (tertiary/aromatic N) is 1. The highest BCUT2D eigenvalue weighted by Crippen LogP contribution is 2.36. The molecule has 30 heavy (non-hydrogen) atoms. The van der Waals surface area contributed by atoms with Crippen molar-refractivity contribution in [2.45, 2.75) is 65.2 Å². The first kappa shape index (κ1) is 22.3. The van der Waals surface area contributed by atoms with Crippen LogP contribution in [0.1, 0.15) is 68.0 Å². The molecule has 0 aliphatic carbocycles. The van der Waals surface area contributed by atoms with Crippen LogP contribution in [-0.4, -0.2) is 13.1 Å². The number of para-hydroxylation sites is 1. The van der Waals surface area contributed by atoms with Crippen LogP contribution in [0.4, 0.5) is 5.69 Å². The minimum absolute atomic E-state index is 0.0138. The lowest BCUT2D eigenvalue weighted by molar-refractivity contribution is 0.815. The van der Waals surface area contributed by atoms with Crippen LogP contribution >= 0.6 is 0 Å². The highest BCUT2D eigenvalue weighted by Gasteiger charge is 2.23. The second-order valence-corrected chi connectivity index (χ2v) is 14.8. The first-order chi connectivity index (χ1) is 14.2. The number of rotatable bonds is 7. The maximum Gasteiger partial charge on any atom is 0.101 e. The van der Waals surface area contributed by atoms with Gasteiger partial charge in [-0.3, -0.25) is 4.98 Å². The zero-order valence-electron chi connectivity index (χ0n) is 19.5. The van der Waals surface area contributed by atoms with Gasteiger partial charge in [-0.1, -0.05) is 102 Å². The van der Waals surface area contributed by atoms with Crippen molar-refractivity contribution in [2.24, 2.45) is 0 Å². The standard InChI is InChI=1S/C27H36N2Si/c1-19(2)22-15-11-16-23(20(3)4)27(22)29-26(21-13-9-8-10-14-21)24-17-12-18-25(28-24)30(5,6)7/h8-20,26,29H,1-7H3. The second-order valence-electron chi connectivity index (χ2n) is 9.81. The molecule has 1 atom stereocenters. The lowest BCUT2D eigenvalue weighted by Crippen LogP contribution is -2.40. The minimum Gasteiger partial charge on any atom is -0.372 e. The van der Waals surface area contributed by atoms with E-state index in [0.29, 0.717) is 11.8 Å². The van der Waals surface area contributed by atoms with Crippen molar-refractivity contribution in [2.75, 3.05) is 5.32 Å². The van der Waals surface area contributed by atoms with Gasteiger partial charge in [0, 0.05) is 11.0 Å². The third-order valence-electron chi connectivity index (χ3n) is 5.63. The molecule has 2 aromatic carbocycles. The van der Waals surface area contributed by atoms with E-state index in [4.69, 9.17) is 4.98 Å². The highest BCUT2D eigenvalue weighted by molar-refractivity contribution is 6.88. The lowest BCUT2D eigenvalue weighted by atomic mass is 9.91. The molecule has 0 aliphatic heterocycles. The Balaban J connectivity index is 2.16. The van der Waals surface area contributed by atoms with Crippen molar-refractivity contribution >= 4 is 19.1 Å². The normalized spacial score (nSPS) is 13.0. The summed E-state index contributed by atoms with van der Waals surface area (Å²) in [5, 5.41) is 5.20. The predicted molar refractivity (Wildman–Crippen MR) is 134 cm³/mol. The number of pyridine rings is 1. The van der Waals surface area contributed by atoms with Crippen molar-refractivity contribution in [1.29, 1.82) is 0 Å². The third kappa shape index (κ3) is 5.01. The fraction of sp³-hybridized carbons (Fsp3) is 0.370. The molecule has 3 rings (SSSR count). The Morgan fingerprint density at radius 2 is 1.27 bits per heavy atom. The Kier molecular flexibility index (Phi) is 6.82. The van der Waals surface area contributed by atoms with Gasteiger partial charge < -0.3 is 5.32 Å². The van der Waals surface area contributed by atoms with Gasteiger partial charge >= 0.3 is 0 Å². The van der Waals surface area contributed by atoms with Gasteiger partial charge in [0.2, 0.25) is 0 Å². The first-order valence-corrected chi connectivity index (χ1v) is 14.6. The average molecular weight is 417 g/mol. The topological polar surface area (TPSA) is 24.9 Å². The number of anilines is 1. The SMILES string of the molecule is CC(C)c1cccc(C(C)C)c1NC(c1ccccc1)c1cccc([Si](C)(C)C)n1. The maximum atomic E-state index is 5.17. The summed E-state index contributed by atoms with van der Waals surface area (Å²) in [5.41, 5.74) is 6.32. The Labute approximate surface area is 183 Å². The van der Waals surface area contributed by atoms with E-state index in [1.54, 1.807) is 0 Å². The molecule has 0 aliphatic rings. The number of benzene rings is 2. The average Bonchev–Trinajstić information content (AvgIpc) is 2.71. The van der Waals surface area contributed by atoms with Crippen LogP contribution in [-0.2, 0) is 0 Å². The fourth-order valence-electron chi connectivity index (χ4n) is 3.87. The number of hydrogen-bond acceptors (Lipinski definition) is 2. The van der Waals surface area contributed by atoms with Gasteiger partial charge in [-0.2, -0.15) is 0 Å². The molecule has 0 spiro atoms. The molecule has 3 aromatic rings. The summed E-state index contributed by atoms with van der Waals surface area (Å²) in [5.74, 6) is 0.896. The molecule has 0 amide bonds. The molecule has 158 valence electrons. The Hall–Kier alpha value is -2.39. The van der Waals surface area contributed by atoms with Crippen LogP contribution in [0.3, 0.4) is 0 Å². The Bertz CT molecular complexity index is 945. The summed E-state index contributed by atoms with van der Waals surface area (Å²) in [6.07, 6.45) is 0. The summed E-state index contributed by atoms with van der Waals surface area (Å²) in [4.78, 5) is 5.17. The Morgan fingerprint density at radius 1 is 0.700 bits per heavy atom. The molecule has 1 heterocycles. The number of aromatic nitrogens is 1. The van der Waals surface area contributed by atoms with E-state index < -0.39 is 8.07 Å². The van der Waals surface area contributed by atoms with E-state index in [0.717, 1.165) is 5.69 Å². The van der Waals surface area contributed by atoms with E-state index in [9.17, 15) is 0 Å². The molecule has 0 saturated carbocycles. The zero-order chi connectivity index (χ0) is 21.9. The molecule has 0 saturated heterocycles. The summed E-state index contributed by atoms with van der Waals surface area (Å²) in [7, 11) is -1.50. The lowest BCUT2D eigenvalue weighted by Gasteiger charge is -2.27. The minimum atomic E-state index is -1.50. The summed E-state index contributed by atoms with van der Waals surface area (Å²) in [6, 6.07) is 24.0. The number of nitrogens with one attached hydrogen (secondary N) is 1. The van der Waals surface area contributed by atoms with Gasteiger partial charge in [-0.25, -0.2) is 0 Å². The van der Waals surface area contributed by atoms with E-state index in [2.05, 4.69) is 119 Å². The van der Waals surface area contributed by atoms with Crippen LogP contribution < -0.4 is 10.6 Å². The van der Waals surface area contributed by atoms with Crippen LogP contribution in [0.25, 0.3) is 0 Å². The fourth-order valence-corrected chi connectivity index (χ4v) is 4.93. The largest absolute Gasteiger partial charge is 0.372 e. The molecular formula is C27H36N2Si. The van der Waals surface area contributed by atoms with Crippen LogP contribution in [0.5, 0.6) is 0 Å². The van der Waals surface area contributed by atoms with Gasteiger partial charge in [0.25, 0.3) is 0 Å². The van der Waals surface area contributed by atoms with Crippen molar-refractivity contribution in [3.05, 3.63) is 89.1 Å². The first-order valence-electron chi connectivity index (χ1n) is 11.1. The van der Waals surface area contributed by atoms with Crippen LogP contribution in [0.15, 0.2) is 66.7 Å². The van der Waals surface area contributed by atoms with Gasteiger partial charge in [-0.05, 0) is 40.7 Å². The van der Waals surface area contributed by atoms with Crippen molar-refractivity contribution < 1.29 is 0 Å². The summed E-state index contributed by atoms with van der Waals surface area (Å²) < 4.78 is 0. The molecule has 0 fully saturated rings. The number of hydrogen-bond donors (Lipinski definition) is 1. The molecule has 1 aromatic heterocycles. The van der Waals surface area contributed by atoms with Gasteiger partial charge in [-0.15, -0.1) is 0 Å². The van der Waals surface area contributed by atoms with E-state index in [-0.39, 0.29) is 6.04 Å². The van der Waals surface area contributed by atoms with Gasteiger partial charge in [0.05, 0.1) is 11.7 Å². The predicted octanol–water partition coefficient (Wildman–Crippen LogP) is 7.08. The third-order valence-corrected chi connectivity index (χ3v) is 7.44. The quantitative estimate of drug-likeness (QED) is 0.416.